The van der Waals surface area contributed by atoms with E-state index in [-0.39, 0.29) is 5.54 Å². The minimum atomic E-state index is 0.102. The normalized spacial score (nSPS) is 24.3. The molecule has 88 valence electrons. The predicted molar refractivity (Wildman–Crippen MR) is 65.7 cm³/mol. The third-order valence-electron chi connectivity index (χ3n) is 3.20. The minimum absolute atomic E-state index is 0.102. The summed E-state index contributed by atoms with van der Waals surface area (Å²) in [6, 6.07) is 0. The lowest BCUT2D eigenvalue weighted by Gasteiger charge is -2.17. The maximum Gasteiger partial charge on any atom is 0.0624 e. The van der Waals surface area contributed by atoms with E-state index in [2.05, 4.69) is 32.0 Å². The van der Waals surface area contributed by atoms with Gasteiger partial charge in [-0.25, -0.2) is 0 Å². The van der Waals surface area contributed by atoms with Crippen LogP contribution >= 0.6 is 0 Å². The van der Waals surface area contributed by atoms with Gasteiger partial charge in [-0.1, -0.05) is 19.8 Å². The number of rotatable bonds is 4. The van der Waals surface area contributed by atoms with Crippen LogP contribution in [0.2, 0.25) is 0 Å². The molecule has 0 N–H and O–H groups in total. The summed E-state index contributed by atoms with van der Waals surface area (Å²) in [4.78, 5) is 4.59. The first-order valence-corrected chi connectivity index (χ1v) is 6.29. The molecule has 1 aliphatic rings. The lowest BCUT2D eigenvalue weighted by atomic mass is 10.0. The van der Waals surface area contributed by atoms with Crippen molar-refractivity contribution >= 4 is 6.21 Å². The molecule has 0 spiro atoms. The Bertz CT molecular complexity index is 191. The molecule has 0 amide bonds. The number of hydrogen-bond donors (Lipinski definition) is 0. The highest BCUT2D eigenvalue weighted by atomic mass is 16.5. The van der Waals surface area contributed by atoms with E-state index in [1.165, 1.54) is 25.7 Å². The summed E-state index contributed by atoms with van der Waals surface area (Å²) in [5, 5.41) is 0. The van der Waals surface area contributed by atoms with E-state index in [4.69, 9.17) is 4.74 Å². The van der Waals surface area contributed by atoms with Crippen LogP contribution in [0.15, 0.2) is 4.99 Å². The first-order chi connectivity index (χ1) is 7.14. The van der Waals surface area contributed by atoms with Crippen LogP contribution in [-0.4, -0.2) is 24.5 Å². The molecular weight excluding hydrogens is 186 g/mol. The smallest absolute Gasteiger partial charge is 0.0624 e. The number of nitrogens with zero attached hydrogens (tertiary/aromatic N) is 1. The predicted octanol–water partition coefficient (Wildman–Crippen LogP) is 3.60. The van der Waals surface area contributed by atoms with E-state index in [1.807, 2.05) is 0 Å². The molecule has 0 aromatic rings. The zero-order valence-electron chi connectivity index (χ0n) is 10.5. The summed E-state index contributed by atoms with van der Waals surface area (Å²) in [5.74, 6) is 0. The summed E-state index contributed by atoms with van der Waals surface area (Å²) >= 11 is 0. The van der Waals surface area contributed by atoms with Gasteiger partial charge < -0.3 is 4.74 Å². The first kappa shape index (κ1) is 12.7. The Kier molecular flexibility index (Phi) is 5.30. The van der Waals surface area contributed by atoms with E-state index in [0.29, 0.717) is 6.10 Å². The fraction of sp³-hybridized carbons (Fsp3) is 0.923. The van der Waals surface area contributed by atoms with Crippen LogP contribution in [0.1, 0.15) is 59.3 Å². The quantitative estimate of drug-likeness (QED) is 0.651. The Labute approximate surface area is 94.1 Å². The van der Waals surface area contributed by atoms with Crippen LogP contribution in [0, 0.1) is 0 Å². The molecule has 1 saturated heterocycles. The first-order valence-electron chi connectivity index (χ1n) is 6.29. The fourth-order valence-corrected chi connectivity index (χ4v) is 1.68. The van der Waals surface area contributed by atoms with Crippen LogP contribution < -0.4 is 0 Å². The lowest BCUT2D eigenvalue weighted by Crippen LogP contribution is -2.17. The third-order valence-corrected chi connectivity index (χ3v) is 3.20. The molecule has 0 aliphatic carbocycles. The Balaban J connectivity index is 2.28. The van der Waals surface area contributed by atoms with E-state index in [9.17, 15) is 0 Å². The molecule has 1 heterocycles. The van der Waals surface area contributed by atoms with Gasteiger partial charge in [-0.2, -0.15) is 0 Å². The van der Waals surface area contributed by atoms with Gasteiger partial charge in [-0.05, 0) is 33.1 Å². The lowest BCUT2D eigenvalue weighted by molar-refractivity contribution is 0.0646. The number of hydrogen-bond acceptors (Lipinski definition) is 2. The van der Waals surface area contributed by atoms with E-state index in [1.54, 1.807) is 0 Å². The minimum Gasteiger partial charge on any atom is -0.378 e. The van der Waals surface area contributed by atoms with Gasteiger partial charge in [0.05, 0.1) is 11.6 Å². The van der Waals surface area contributed by atoms with Gasteiger partial charge in [0.25, 0.3) is 0 Å². The Morgan fingerprint density at radius 2 is 2.13 bits per heavy atom. The van der Waals surface area contributed by atoms with Crippen molar-refractivity contribution in [2.24, 2.45) is 4.99 Å². The van der Waals surface area contributed by atoms with Crippen molar-refractivity contribution in [1.82, 2.24) is 0 Å². The average molecular weight is 211 g/mol. The van der Waals surface area contributed by atoms with Crippen LogP contribution in [0.5, 0.6) is 0 Å². The molecule has 0 radical (unpaired) electrons. The summed E-state index contributed by atoms with van der Waals surface area (Å²) in [6.07, 6.45) is 9.65. The highest BCUT2D eigenvalue weighted by Crippen LogP contribution is 2.16. The van der Waals surface area contributed by atoms with Crippen molar-refractivity contribution in [3.63, 3.8) is 0 Å². The van der Waals surface area contributed by atoms with Crippen LogP contribution in [-0.2, 0) is 4.74 Å². The van der Waals surface area contributed by atoms with Gasteiger partial charge in [0, 0.05) is 19.2 Å². The van der Waals surface area contributed by atoms with Gasteiger partial charge in [-0.15, -0.1) is 0 Å². The maximum atomic E-state index is 5.76. The second-order valence-corrected chi connectivity index (χ2v) is 5.06. The Morgan fingerprint density at radius 3 is 2.87 bits per heavy atom. The molecule has 0 unspecified atom stereocenters. The molecule has 1 atom stereocenters. The van der Waals surface area contributed by atoms with Crippen molar-refractivity contribution < 1.29 is 4.74 Å². The topological polar surface area (TPSA) is 21.6 Å². The van der Waals surface area contributed by atoms with Crippen molar-refractivity contribution in [1.29, 1.82) is 0 Å². The molecule has 0 saturated carbocycles. The molecule has 1 fully saturated rings. The fourth-order valence-electron chi connectivity index (χ4n) is 1.68. The molecule has 2 heteroatoms. The van der Waals surface area contributed by atoms with Crippen molar-refractivity contribution in [2.75, 3.05) is 6.61 Å². The molecule has 0 aromatic heterocycles. The second-order valence-electron chi connectivity index (χ2n) is 5.06. The van der Waals surface area contributed by atoms with E-state index >= 15 is 0 Å². The molecular formula is C13H25NO. The Morgan fingerprint density at radius 1 is 1.33 bits per heavy atom. The summed E-state index contributed by atoms with van der Waals surface area (Å²) in [5.41, 5.74) is 0.102. The summed E-state index contributed by atoms with van der Waals surface area (Å²) in [6.45, 7) is 7.48. The van der Waals surface area contributed by atoms with Crippen LogP contribution in [0.3, 0.4) is 0 Å². The summed E-state index contributed by atoms with van der Waals surface area (Å²) in [7, 11) is 0. The molecule has 1 rings (SSSR count). The number of ether oxygens (including phenoxy) is 1. The van der Waals surface area contributed by atoms with Crippen LogP contribution in [0.25, 0.3) is 0 Å². The van der Waals surface area contributed by atoms with E-state index < -0.39 is 0 Å². The zero-order chi connectivity index (χ0) is 11.1. The Hall–Kier alpha value is -0.370. The summed E-state index contributed by atoms with van der Waals surface area (Å²) < 4.78 is 5.76. The van der Waals surface area contributed by atoms with Gasteiger partial charge >= 0.3 is 0 Å². The highest BCUT2D eigenvalue weighted by Gasteiger charge is 2.13. The molecule has 0 aromatic carbocycles. The standard InChI is InChI=1S/C13H25NO/c1-4-13(2,3)14-10-9-12-8-6-5-7-11-15-12/h10,12H,4-9,11H2,1-3H3/b14-10+/t12-/m0/s1. The SMILES string of the molecule is CCC(C)(C)/N=C/C[C@@H]1CCCCCO1. The number of aliphatic imine (C=N–C) groups is 1. The van der Waals surface area contributed by atoms with Gasteiger partial charge in [0.2, 0.25) is 0 Å². The molecule has 15 heavy (non-hydrogen) atoms. The molecule has 0 bridgehead atoms. The van der Waals surface area contributed by atoms with Gasteiger partial charge in [0.15, 0.2) is 0 Å². The van der Waals surface area contributed by atoms with Crippen LogP contribution in [0.4, 0.5) is 0 Å². The van der Waals surface area contributed by atoms with Crippen molar-refractivity contribution in [2.45, 2.75) is 70.9 Å². The van der Waals surface area contributed by atoms with Crippen molar-refractivity contribution in [3.8, 4) is 0 Å². The van der Waals surface area contributed by atoms with Crippen molar-refractivity contribution in [3.05, 3.63) is 0 Å². The third kappa shape index (κ3) is 5.31. The largest absolute Gasteiger partial charge is 0.378 e. The van der Waals surface area contributed by atoms with Gasteiger partial charge in [-0.3, -0.25) is 4.99 Å². The molecule has 2 nitrogen and oxygen atoms in total. The monoisotopic (exact) mass is 211 g/mol. The second kappa shape index (κ2) is 6.26. The average Bonchev–Trinajstić information content (AvgIpc) is 2.46. The highest BCUT2D eigenvalue weighted by molar-refractivity contribution is 5.58. The zero-order valence-corrected chi connectivity index (χ0v) is 10.5. The molecule has 1 aliphatic heterocycles. The van der Waals surface area contributed by atoms with E-state index in [0.717, 1.165) is 19.4 Å². The maximum absolute atomic E-state index is 5.76. The van der Waals surface area contributed by atoms with Gasteiger partial charge in [0.1, 0.15) is 0 Å².